The molecule has 208 valence electrons. The van der Waals surface area contributed by atoms with E-state index in [1.807, 2.05) is 47.8 Å². The monoisotopic (exact) mass is 557 g/mol. The fourth-order valence-corrected chi connectivity index (χ4v) is 5.21. The van der Waals surface area contributed by atoms with Crippen molar-refractivity contribution in [1.29, 1.82) is 0 Å². The first-order chi connectivity index (χ1) is 19.6. The van der Waals surface area contributed by atoms with Crippen molar-refractivity contribution < 1.29 is 19.0 Å². The van der Waals surface area contributed by atoms with Crippen LogP contribution in [0.15, 0.2) is 78.2 Å². The lowest BCUT2D eigenvalue weighted by Gasteiger charge is -2.22. The highest BCUT2D eigenvalue weighted by molar-refractivity contribution is 7.09. The fourth-order valence-electron chi connectivity index (χ4n) is 4.39. The third kappa shape index (κ3) is 7.83. The molecule has 1 N–H and O–H groups in total. The summed E-state index contributed by atoms with van der Waals surface area (Å²) in [5.74, 6) is 2.21. The van der Waals surface area contributed by atoms with Crippen molar-refractivity contribution in [1.82, 2.24) is 15.2 Å². The normalized spacial score (nSPS) is 12.8. The van der Waals surface area contributed by atoms with Crippen LogP contribution in [0.2, 0.25) is 0 Å². The summed E-state index contributed by atoms with van der Waals surface area (Å²) in [6.07, 6.45) is 2.95. The van der Waals surface area contributed by atoms with E-state index in [-0.39, 0.29) is 5.91 Å². The maximum absolute atomic E-state index is 12.5. The van der Waals surface area contributed by atoms with Crippen molar-refractivity contribution in [2.24, 2.45) is 0 Å². The summed E-state index contributed by atoms with van der Waals surface area (Å²) < 4.78 is 16.9. The van der Waals surface area contributed by atoms with E-state index in [0.717, 1.165) is 65.7 Å². The minimum atomic E-state index is -0.0760. The maximum Gasteiger partial charge on any atom is 0.270 e. The molecule has 40 heavy (non-hydrogen) atoms. The van der Waals surface area contributed by atoms with Gasteiger partial charge >= 0.3 is 0 Å². The Bertz CT molecular complexity index is 1390. The van der Waals surface area contributed by atoms with Gasteiger partial charge in [0.25, 0.3) is 5.91 Å². The average molecular weight is 558 g/mol. The number of methoxy groups -OCH3 is 2. The van der Waals surface area contributed by atoms with Gasteiger partial charge in [0, 0.05) is 24.5 Å². The van der Waals surface area contributed by atoms with Gasteiger partial charge in [-0.3, -0.25) is 9.69 Å². The van der Waals surface area contributed by atoms with Crippen LogP contribution in [0, 0.1) is 0 Å². The van der Waals surface area contributed by atoms with Crippen LogP contribution in [-0.4, -0.2) is 42.6 Å². The summed E-state index contributed by atoms with van der Waals surface area (Å²) in [5, 5.41) is 5.81. The molecule has 1 aromatic heterocycles. The van der Waals surface area contributed by atoms with Crippen LogP contribution in [0.3, 0.4) is 0 Å². The summed E-state index contributed by atoms with van der Waals surface area (Å²) in [6, 6.07) is 24.8. The molecule has 1 aliphatic carbocycles. The Morgan fingerprint density at radius 2 is 1.68 bits per heavy atom. The Morgan fingerprint density at radius 1 is 0.925 bits per heavy atom. The average Bonchev–Trinajstić information content (AvgIpc) is 3.69. The van der Waals surface area contributed by atoms with Gasteiger partial charge in [-0.05, 0) is 60.2 Å². The molecule has 0 aliphatic heterocycles. The molecular weight excluding hydrogens is 522 g/mol. The fraction of sp³-hybridized carbons (Fsp3) is 0.312. The quantitative estimate of drug-likeness (QED) is 0.209. The molecule has 3 aromatic carbocycles. The molecule has 0 saturated heterocycles. The Hall–Kier alpha value is -3.88. The molecule has 4 aromatic rings. The van der Waals surface area contributed by atoms with E-state index >= 15 is 0 Å². The van der Waals surface area contributed by atoms with Gasteiger partial charge in [0.05, 0.1) is 20.8 Å². The predicted molar refractivity (Wildman–Crippen MR) is 157 cm³/mol. The lowest BCUT2D eigenvalue weighted by Crippen LogP contribution is -2.27. The van der Waals surface area contributed by atoms with E-state index in [1.54, 1.807) is 14.2 Å². The van der Waals surface area contributed by atoms with Crippen molar-refractivity contribution in [3.8, 4) is 17.2 Å². The van der Waals surface area contributed by atoms with Crippen LogP contribution in [0.4, 0.5) is 0 Å². The van der Waals surface area contributed by atoms with Gasteiger partial charge in [0.1, 0.15) is 23.1 Å². The van der Waals surface area contributed by atoms with E-state index in [4.69, 9.17) is 14.2 Å². The summed E-state index contributed by atoms with van der Waals surface area (Å²) in [5.41, 5.74) is 3.99. The second kappa shape index (κ2) is 13.5. The number of nitrogens with zero attached hydrogens (tertiary/aromatic N) is 2. The molecule has 8 heteroatoms. The molecule has 0 bridgehead atoms. The van der Waals surface area contributed by atoms with Gasteiger partial charge in [0.15, 0.2) is 11.5 Å². The summed E-state index contributed by atoms with van der Waals surface area (Å²) in [4.78, 5) is 19.5. The molecular formula is C32H35N3O4S. The minimum absolute atomic E-state index is 0.0760. The number of thiazole rings is 1. The summed E-state index contributed by atoms with van der Waals surface area (Å²) in [7, 11) is 3.30. The molecule has 0 radical (unpaired) electrons. The Balaban J connectivity index is 1.25. The highest BCUT2D eigenvalue weighted by Gasteiger charge is 2.25. The van der Waals surface area contributed by atoms with E-state index in [0.29, 0.717) is 24.9 Å². The smallest absolute Gasteiger partial charge is 0.270 e. The van der Waals surface area contributed by atoms with Crippen LogP contribution in [-0.2, 0) is 26.1 Å². The van der Waals surface area contributed by atoms with Gasteiger partial charge in [0.2, 0.25) is 0 Å². The zero-order valence-corrected chi connectivity index (χ0v) is 23.8. The summed E-state index contributed by atoms with van der Waals surface area (Å²) in [6.45, 7) is 2.75. The molecule has 1 amide bonds. The van der Waals surface area contributed by atoms with E-state index in [2.05, 4.69) is 45.5 Å². The molecule has 5 rings (SSSR count). The number of ether oxygens (including phenoxy) is 3. The Morgan fingerprint density at radius 3 is 2.40 bits per heavy atom. The minimum Gasteiger partial charge on any atom is -0.493 e. The number of rotatable bonds is 14. The first-order valence-electron chi connectivity index (χ1n) is 13.5. The SMILES string of the molecule is COc1ccc(CCN(Cc2ccc(OCc3ccccc3)cc2)Cc2nc(C(=O)NC3CC3)cs2)cc1OC. The van der Waals surface area contributed by atoms with Crippen LogP contribution < -0.4 is 19.5 Å². The van der Waals surface area contributed by atoms with Crippen LogP contribution in [0.25, 0.3) is 0 Å². The highest BCUT2D eigenvalue weighted by Crippen LogP contribution is 2.28. The van der Waals surface area contributed by atoms with Gasteiger partial charge in [-0.1, -0.05) is 48.5 Å². The van der Waals surface area contributed by atoms with Gasteiger partial charge in [-0.2, -0.15) is 0 Å². The van der Waals surface area contributed by atoms with Crippen molar-refractivity contribution in [3.63, 3.8) is 0 Å². The largest absolute Gasteiger partial charge is 0.493 e. The third-order valence-electron chi connectivity index (χ3n) is 6.80. The van der Waals surface area contributed by atoms with E-state index < -0.39 is 0 Å². The number of carbonyl (C=O) groups excluding carboxylic acids is 1. The van der Waals surface area contributed by atoms with Crippen molar-refractivity contribution in [2.75, 3.05) is 20.8 Å². The number of nitrogens with one attached hydrogen (secondary N) is 1. The first-order valence-corrected chi connectivity index (χ1v) is 14.4. The number of amides is 1. The Kier molecular flexibility index (Phi) is 9.31. The molecule has 1 fully saturated rings. The molecule has 7 nitrogen and oxygen atoms in total. The molecule has 0 spiro atoms. The lowest BCUT2D eigenvalue weighted by molar-refractivity contribution is 0.0946. The van der Waals surface area contributed by atoms with E-state index in [9.17, 15) is 4.79 Å². The third-order valence-corrected chi connectivity index (χ3v) is 7.63. The number of aromatic nitrogens is 1. The Labute approximate surface area is 239 Å². The van der Waals surface area contributed by atoms with Crippen molar-refractivity contribution >= 4 is 17.2 Å². The standard InChI is InChI=1S/C32H35N3O4S/c1-37-29-15-10-23(18-30(29)38-2)16-17-35(20-31-34-28(22-40-31)32(36)33-26-11-12-26)19-24-8-13-27(14-9-24)39-21-25-6-4-3-5-7-25/h3-10,13-15,18,22,26H,11-12,16-17,19-21H2,1-2H3,(H,33,36). The van der Waals surface area contributed by atoms with Crippen molar-refractivity contribution in [3.05, 3.63) is 106 Å². The maximum atomic E-state index is 12.5. The van der Waals surface area contributed by atoms with Crippen molar-refractivity contribution in [2.45, 2.75) is 45.0 Å². The molecule has 1 saturated carbocycles. The second-order valence-corrected chi connectivity index (χ2v) is 10.9. The molecule has 0 atom stereocenters. The number of hydrogen-bond donors (Lipinski definition) is 1. The zero-order chi connectivity index (χ0) is 27.7. The zero-order valence-electron chi connectivity index (χ0n) is 23.0. The van der Waals surface area contributed by atoms with Gasteiger partial charge in [-0.15, -0.1) is 11.3 Å². The predicted octanol–water partition coefficient (Wildman–Crippen LogP) is 5.88. The van der Waals surface area contributed by atoms with Gasteiger partial charge < -0.3 is 19.5 Å². The van der Waals surface area contributed by atoms with Crippen LogP contribution in [0.1, 0.15) is 45.0 Å². The van der Waals surface area contributed by atoms with E-state index in [1.165, 1.54) is 16.9 Å². The highest BCUT2D eigenvalue weighted by atomic mass is 32.1. The first kappa shape index (κ1) is 27.7. The van der Waals surface area contributed by atoms with Gasteiger partial charge in [-0.25, -0.2) is 4.98 Å². The van der Waals surface area contributed by atoms with Crippen LogP contribution in [0.5, 0.6) is 17.2 Å². The second-order valence-electron chi connectivity index (χ2n) is 9.94. The van der Waals surface area contributed by atoms with Crippen LogP contribution >= 0.6 is 11.3 Å². The molecule has 1 heterocycles. The number of benzene rings is 3. The number of carbonyl (C=O) groups is 1. The molecule has 1 aliphatic rings. The number of hydrogen-bond acceptors (Lipinski definition) is 7. The molecule has 0 unspecified atom stereocenters. The topological polar surface area (TPSA) is 72.9 Å². The lowest BCUT2D eigenvalue weighted by atomic mass is 10.1. The summed E-state index contributed by atoms with van der Waals surface area (Å²) >= 11 is 1.53.